The van der Waals surface area contributed by atoms with Crippen molar-refractivity contribution in [1.82, 2.24) is 5.16 Å². The highest BCUT2D eigenvalue weighted by atomic mass is 16.5. The lowest BCUT2D eigenvalue weighted by Gasteiger charge is -1.82. The van der Waals surface area contributed by atoms with E-state index in [4.69, 9.17) is 5.11 Å². The molecule has 0 aliphatic heterocycles. The van der Waals surface area contributed by atoms with Gasteiger partial charge in [-0.1, -0.05) is 0 Å². The summed E-state index contributed by atoms with van der Waals surface area (Å²) in [6.07, 6.45) is 3.75. The average Bonchev–Trinajstić information content (AvgIpc) is 2.31. The number of aromatic nitrogens is 1. The molecule has 0 amide bonds. The van der Waals surface area contributed by atoms with Gasteiger partial charge in [0.05, 0.1) is 5.56 Å². The zero-order chi connectivity index (χ0) is 7.40. The largest absolute Gasteiger partial charge is 0.491 e. The number of nitrogens with zero attached hydrogens (tertiary/aromatic N) is 1. The van der Waals surface area contributed by atoms with Crippen LogP contribution in [0, 0.1) is 6.26 Å². The van der Waals surface area contributed by atoms with Crippen molar-refractivity contribution in [2.75, 3.05) is 0 Å². The topological polar surface area (TPSA) is 63.3 Å². The van der Waals surface area contributed by atoms with Crippen LogP contribution in [0.4, 0.5) is 0 Å². The Morgan fingerprint density at radius 1 is 1.90 bits per heavy atom. The quantitative estimate of drug-likeness (QED) is 0.589. The highest BCUT2D eigenvalue weighted by Crippen LogP contribution is 2.12. The first-order valence-electron chi connectivity index (χ1n) is 2.59. The van der Waals surface area contributed by atoms with Gasteiger partial charge in [0.2, 0.25) is 6.26 Å². The molecule has 0 spiro atoms. The molecule has 0 saturated carbocycles. The Hall–Kier alpha value is -1.54. The minimum atomic E-state index is -0.230. The van der Waals surface area contributed by atoms with Crippen molar-refractivity contribution in [3.63, 3.8) is 0 Å². The van der Waals surface area contributed by atoms with E-state index in [1.165, 1.54) is 6.08 Å². The molecule has 0 aliphatic rings. The second-order valence-corrected chi connectivity index (χ2v) is 1.61. The molecule has 1 radical (unpaired) electrons. The van der Waals surface area contributed by atoms with Crippen LogP contribution in [0.15, 0.2) is 10.6 Å². The average molecular weight is 138 g/mol. The van der Waals surface area contributed by atoms with Crippen molar-refractivity contribution in [1.29, 1.82) is 0 Å². The Bertz CT molecular complexity index is 260. The molecule has 0 atom stereocenters. The molecule has 0 aromatic carbocycles. The molecule has 0 saturated heterocycles. The van der Waals surface area contributed by atoms with Crippen molar-refractivity contribution in [2.24, 2.45) is 0 Å². The maximum atomic E-state index is 9.68. The van der Waals surface area contributed by atoms with E-state index in [0.717, 1.165) is 0 Å². The summed E-state index contributed by atoms with van der Waals surface area (Å²) in [4.78, 5) is 9.68. The highest BCUT2D eigenvalue weighted by molar-refractivity contribution is 5.46. The van der Waals surface area contributed by atoms with Gasteiger partial charge in [0.25, 0.3) is 5.88 Å². The van der Waals surface area contributed by atoms with Gasteiger partial charge in [0.1, 0.15) is 5.94 Å². The van der Waals surface area contributed by atoms with E-state index < -0.39 is 0 Å². The Morgan fingerprint density at radius 3 is 3.20 bits per heavy atom. The van der Waals surface area contributed by atoms with E-state index >= 15 is 0 Å². The van der Waals surface area contributed by atoms with Gasteiger partial charge in [-0.25, -0.2) is 4.79 Å². The van der Waals surface area contributed by atoms with E-state index in [1.54, 1.807) is 5.94 Å². The van der Waals surface area contributed by atoms with Crippen molar-refractivity contribution < 1.29 is 14.4 Å². The number of allylic oxidation sites excluding steroid dienone is 1. The van der Waals surface area contributed by atoms with Crippen LogP contribution < -0.4 is 0 Å². The third-order valence-electron chi connectivity index (χ3n) is 0.960. The SMILES string of the molecule is O=C=CCc1[c]onc1O. The van der Waals surface area contributed by atoms with Crippen LogP contribution >= 0.6 is 0 Å². The summed E-state index contributed by atoms with van der Waals surface area (Å²) in [7, 11) is 0. The molecule has 51 valence electrons. The summed E-state index contributed by atoms with van der Waals surface area (Å²) in [6.45, 7) is 0. The first kappa shape index (κ1) is 6.58. The van der Waals surface area contributed by atoms with Gasteiger partial charge in [-0.15, -0.1) is 0 Å². The summed E-state index contributed by atoms with van der Waals surface area (Å²) in [5.41, 5.74) is 0.364. The molecule has 0 unspecified atom stereocenters. The Labute approximate surface area is 56.8 Å². The molecule has 0 aliphatic carbocycles. The van der Waals surface area contributed by atoms with Crippen LogP contribution in [0.2, 0.25) is 0 Å². The van der Waals surface area contributed by atoms with E-state index in [-0.39, 0.29) is 12.3 Å². The van der Waals surface area contributed by atoms with Crippen LogP contribution in [0.3, 0.4) is 0 Å². The Morgan fingerprint density at radius 2 is 2.70 bits per heavy atom. The Kier molecular flexibility index (Phi) is 1.87. The number of carbonyl (C=O) groups excluding carboxylic acids is 1. The predicted octanol–water partition coefficient (Wildman–Crippen LogP) is 0.111. The van der Waals surface area contributed by atoms with Gasteiger partial charge in [0, 0.05) is 12.5 Å². The lowest BCUT2D eigenvalue weighted by molar-refractivity contribution is 0.356. The number of hydrogen-bond acceptors (Lipinski definition) is 4. The zero-order valence-electron chi connectivity index (χ0n) is 5.00. The molecule has 1 heterocycles. The standard InChI is InChI=1S/C6H4NO3/c8-3-1-2-5-4-10-7-6(5)9/h1H,2H2,(H,7,9). The van der Waals surface area contributed by atoms with Crippen LogP contribution in [-0.4, -0.2) is 16.2 Å². The van der Waals surface area contributed by atoms with Gasteiger partial charge in [-0.05, 0) is 5.16 Å². The van der Waals surface area contributed by atoms with Gasteiger partial charge in [-0.2, -0.15) is 0 Å². The van der Waals surface area contributed by atoms with Crippen molar-refractivity contribution in [2.45, 2.75) is 6.42 Å². The summed E-state index contributed by atoms with van der Waals surface area (Å²) in [6, 6.07) is 0. The first-order chi connectivity index (χ1) is 4.84. The molecular formula is C6H4NO3. The fourth-order valence-corrected chi connectivity index (χ4v) is 0.499. The maximum Gasteiger partial charge on any atom is 0.256 e. The van der Waals surface area contributed by atoms with Gasteiger partial charge in [-0.3, -0.25) is 0 Å². The molecular weight excluding hydrogens is 134 g/mol. The van der Waals surface area contributed by atoms with Gasteiger partial charge < -0.3 is 9.63 Å². The normalized spacial score (nSPS) is 8.80. The summed E-state index contributed by atoms with van der Waals surface area (Å²) in [5.74, 6) is 1.33. The second kappa shape index (κ2) is 2.85. The van der Waals surface area contributed by atoms with E-state index in [1.807, 2.05) is 0 Å². The third kappa shape index (κ3) is 1.24. The number of rotatable bonds is 2. The lowest BCUT2D eigenvalue weighted by Crippen LogP contribution is -1.76. The minimum Gasteiger partial charge on any atom is -0.491 e. The smallest absolute Gasteiger partial charge is 0.256 e. The fourth-order valence-electron chi connectivity index (χ4n) is 0.499. The number of aromatic hydroxyl groups is 1. The van der Waals surface area contributed by atoms with Crippen molar-refractivity contribution in [3.05, 3.63) is 17.9 Å². The number of hydrogen-bond donors (Lipinski definition) is 1. The molecule has 10 heavy (non-hydrogen) atoms. The molecule has 4 nitrogen and oxygen atoms in total. The summed E-state index contributed by atoms with van der Waals surface area (Å²) < 4.78 is 4.27. The van der Waals surface area contributed by atoms with E-state index in [9.17, 15) is 4.79 Å². The molecule has 1 rings (SSSR count). The van der Waals surface area contributed by atoms with Crippen LogP contribution in [0.25, 0.3) is 0 Å². The molecule has 1 N–H and O–H groups in total. The molecule has 1 aromatic heterocycles. The lowest BCUT2D eigenvalue weighted by atomic mass is 10.2. The maximum absolute atomic E-state index is 9.68. The minimum absolute atomic E-state index is 0.230. The Balaban J connectivity index is 2.74. The van der Waals surface area contributed by atoms with E-state index in [2.05, 4.69) is 15.9 Å². The van der Waals surface area contributed by atoms with Gasteiger partial charge in [0.15, 0.2) is 0 Å². The third-order valence-corrected chi connectivity index (χ3v) is 0.960. The summed E-state index contributed by atoms with van der Waals surface area (Å²) in [5, 5.41) is 11.9. The molecule has 0 bridgehead atoms. The molecule has 0 fully saturated rings. The van der Waals surface area contributed by atoms with Crippen molar-refractivity contribution in [3.8, 4) is 5.88 Å². The fraction of sp³-hybridized carbons (Fsp3) is 0.167. The van der Waals surface area contributed by atoms with E-state index in [0.29, 0.717) is 5.56 Å². The van der Waals surface area contributed by atoms with Gasteiger partial charge >= 0.3 is 0 Å². The summed E-state index contributed by atoms with van der Waals surface area (Å²) >= 11 is 0. The van der Waals surface area contributed by atoms with Crippen LogP contribution in [0.5, 0.6) is 5.88 Å². The van der Waals surface area contributed by atoms with Crippen molar-refractivity contribution >= 4 is 5.94 Å². The highest BCUT2D eigenvalue weighted by Gasteiger charge is 2.03. The second-order valence-electron chi connectivity index (χ2n) is 1.61. The molecule has 4 heteroatoms. The zero-order valence-corrected chi connectivity index (χ0v) is 5.00. The first-order valence-corrected chi connectivity index (χ1v) is 2.59. The monoisotopic (exact) mass is 138 g/mol. The predicted molar refractivity (Wildman–Crippen MR) is 31.0 cm³/mol. The van der Waals surface area contributed by atoms with Crippen LogP contribution in [-0.2, 0) is 11.2 Å². The van der Waals surface area contributed by atoms with Crippen LogP contribution in [0.1, 0.15) is 5.56 Å². The molecule has 1 aromatic rings.